The Morgan fingerprint density at radius 3 is 2.68 bits per heavy atom. The third-order valence-corrected chi connectivity index (χ3v) is 5.63. The first-order valence-electron chi connectivity index (χ1n) is 10.6. The average Bonchev–Trinajstić information content (AvgIpc) is 3.23. The van der Waals surface area contributed by atoms with Crippen molar-refractivity contribution in [1.29, 1.82) is 0 Å². The van der Waals surface area contributed by atoms with Crippen LogP contribution in [0.4, 0.5) is 4.79 Å². The summed E-state index contributed by atoms with van der Waals surface area (Å²) in [6.45, 7) is 4.90. The molecule has 0 unspecified atom stereocenters. The van der Waals surface area contributed by atoms with Crippen LogP contribution in [-0.4, -0.2) is 71.7 Å². The van der Waals surface area contributed by atoms with Crippen molar-refractivity contribution in [3.63, 3.8) is 0 Å². The minimum absolute atomic E-state index is 0.0499. The fourth-order valence-electron chi connectivity index (χ4n) is 3.93. The van der Waals surface area contributed by atoms with E-state index in [1.165, 1.54) is 5.56 Å². The molecular formula is C23H28N4O4. The molecular weight excluding hydrogens is 396 g/mol. The highest BCUT2D eigenvalue weighted by Gasteiger charge is 2.42. The van der Waals surface area contributed by atoms with Crippen LogP contribution in [0.25, 0.3) is 0 Å². The summed E-state index contributed by atoms with van der Waals surface area (Å²) in [5.74, 6) is 0.582. The second-order valence-electron chi connectivity index (χ2n) is 7.91. The Morgan fingerprint density at radius 2 is 1.97 bits per heavy atom. The van der Waals surface area contributed by atoms with Crippen LogP contribution < -0.4 is 10.1 Å². The zero-order valence-electron chi connectivity index (χ0n) is 17.7. The van der Waals surface area contributed by atoms with Gasteiger partial charge in [-0.1, -0.05) is 29.8 Å². The van der Waals surface area contributed by atoms with E-state index in [2.05, 4.69) is 10.3 Å². The number of benzene rings is 1. The van der Waals surface area contributed by atoms with E-state index in [1.807, 2.05) is 37.3 Å². The van der Waals surface area contributed by atoms with Crippen molar-refractivity contribution in [1.82, 2.24) is 20.1 Å². The summed E-state index contributed by atoms with van der Waals surface area (Å²) in [7, 11) is 0. The van der Waals surface area contributed by atoms with Gasteiger partial charge in [0, 0.05) is 32.3 Å². The van der Waals surface area contributed by atoms with E-state index >= 15 is 0 Å². The number of nitrogens with one attached hydrogen (secondary N) is 1. The highest BCUT2D eigenvalue weighted by Crippen LogP contribution is 2.25. The van der Waals surface area contributed by atoms with Gasteiger partial charge in [-0.2, -0.15) is 0 Å². The van der Waals surface area contributed by atoms with Gasteiger partial charge in [0.05, 0.1) is 26.0 Å². The molecule has 3 amide bonds. The SMILES string of the molecule is Cc1ccc(CNC(=O)N2C[C@@H](Oc3cccnc3)C[C@H]2C(=O)N2CCOCC2)cc1. The Labute approximate surface area is 182 Å². The Kier molecular flexibility index (Phi) is 6.66. The van der Waals surface area contributed by atoms with Crippen LogP contribution >= 0.6 is 0 Å². The van der Waals surface area contributed by atoms with Gasteiger partial charge in [0.15, 0.2) is 0 Å². The van der Waals surface area contributed by atoms with E-state index in [4.69, 9.17) is 9.47 Å². The lowest BCUT2D eigenvalue weighted by Crippen LogP contribution is -2.52. The molecule has 1 N–H and O–H groups in total. The molecule has 8 heteroatoms. The van der Waals surface area contributed by atoms with Crippen molar-refractivity contribution in [2.45, 2.75) is 32.0 Å². The number of aryl methyl sites for hydroxylation is 1. The van der Waals surface area contributed by atoms with Crippen LogP contribution in [0, 0.1) is 6.92 Å². The van der Waals surface area contributed by atoms with Gasteiger partial charge in [0.25, 0.3) is 0 Å². The lowest BCUT2D eigenvalue weighted by atomic mass is 10.1. The topological polar surface area (TPSA) is 84.0 Å². The number of rotatable bonds is 5. The van der Waals surface area contributed by atoms with Gasteiger partial charge < -0.3 is 24.6 Å². The molecule has 2 aliphatic rings. The van der Waals surface area contributed by atoms with E-state index < -0.39 is 6.04 Å². The lowest BCUT2D eigenvalue weighted by molar-refractivity contribution is -0.139. The number of morpholine rings is 1. The van der Waals surface area contributed by atoms with E-state index in [-0.39, 0.29) is 18.0 Å². The first-order chi connectivity index (χ1) is 15.1. The molecule has 2 atom stereocenters. The monoisotopic (exact) mass is 424 g/mol. The molecule has 2 aromatic rings. The van der Waals surface area contributed by atoms with Crippen LogP contribution in [0.15, 0.2) is 48.8 Å². The second-order valence-corrected chi connectivity index (χ2v) is 7.91. The maximum atomic E-state index is 13.2. The van der Waals surface area contributed by atoms with E-state index in [1.54, 1.807) is 28.3 Å². The third-order valence-electron chi connectivity index (χ3n) is 5.63. The summed E-state index contributed by atoms with van der Waals surface area (Å²) in [5.41, 5.74) is 2.18. The fraction of sp³-hybridized carbons (Fsp3) is 0.435. The number of hydrogen-bond donors (Lipinski definition) is 1. The van der Waals surface area contributed by atoms with Gasteiger partial charge in [-0.05, 0) is 24.6 Å². The molecule has 164 valence electrons. The van der Waals surface area contributed by atoms with E-state index in [0.29, 0.717) is 51.6 Å². The first-order valence-corrected chi connectivity index (χ1v) is 10.6. The van der Waals surface area contributed by atoms with Crippen molar-refractivity contribution in [2.24, 2.45) is 0 Å². The molecule has 0 aliphatic carbocycles. The second kappa shape index (κ2) is 9.78. The lowest BCUT2D eigenvalue weighted by Gasteiger charge is -2.32. The largest absolute Gasteiger partial charge is 0.487 e. The number of ether oxygens (including phenoxy) is 2. The minimum Gasteiger partial charge on any atom is -0.487 e. The smallest absolute Gasteiger partial charge is 0.318 e. The molecule has 2 fully saturated rings. The molecule has 4 rings (SSSR count). The van der Waals surface area contributed by atoms with Crippen molar-refractivity contribution < 1.29 is 19.1 Å². The summed E-state index contributed by atoms with van der Waals surface area (Å²) >= 11 is 0. The maximum absolute atomic E-state index is 13.2. The van der Waals surface area contributed by atoms with E-state index in [0.717, 1.165) is 5.56 Å². The molecule has 3 heterocycles. The number of hydrogen-bond acceptors (Lipinski definition) is 5. The Hall–Kier alpha value is -3.13. The fourth-order valence-corrected chi connectivity index (χ4v) is 3.93. The van der Waals surface area contributed by atoms with Gasteiger partial charge in [-0.3, -0.25) is 9.78 Å². The quantitative estimate of drug-likeness (QED) is 0.794. The molecule has 2 saturated heterocycles. The predicted octanol–water partition coefficient (Wildman–Crippen LogP) is 1.98. The maximum Gasteiger partial charge on any atom is 0.318 e. The van der Waals surface area contributed by atoms with Crippen LogP contribution in [0.2, 0.25) is 0 Å². The number of amides is 3. The Bertz CT molecular complexity index is 884. The number of nitrogens with zero attached hydrogens (tertiary/aromatic N) is 3. The van der Waals surface area contributed by atoms with Gasteiger partial charge in [-0.15, -0.1) is 0 Å². The number of carbonyl (C=O) groups is 2. The third kappa shape index (κ3) is 5.32. The van der Waals surface area contributed by atoms with Crippen LogP contribution in [0.3, 0.4) is 0 Å². The molecule has 8 nitrogen and oxygen atoms in total. The highest BCUT2D eigenvalue weighted by atomic mass is 16.5. The molecule has 0 spiro atoms. The molecule has 0 saturated carbocycles. The Balaban J connectivity index is 1.44. The van der Waals surface area contributed by atoms with Gasteiger partial charge in [0.1, 0.15) is 17.9 Å². The zero-order valence-corrected chi connectivity index (χ0v) is 17.7. The number of aromatic nitrogens is 1. The number of carbonyl (C=O) groups excluding carboxylic acids is 2. The molecule has 1 aromatic carbocycles. The summed E-state index contributed by atoms with van der Waals surface area (Å²) in [5, 5.41) is 2.96. The first kappa shape index (κ1) is 21.1. The summed E-state index contributed by atoms with van der Waals surface area (Å²) < 4.78 is 11.4. The van der Waals surface area contributed by atoms with E-state index in [9.17, 15) is 9.59 Å². The van der Waals surface area contributed by atoms with Crippen molar-refractivity contribution in [2.75, 3.05) is 32.8 Å². The molecule has 0 radical (unpaired) electrons. The van der Waals surface area contributed by atoms with Gasteiger partial charge in [-0.25, -0.2) is 4.79 Å². The average molecular weight is 425 g/mol. The minimum atomic E-state index is -0.558. The number of pyridine rings is 1. The van der Waals surface area contributed by atoms with Crippen LogP contribution in [0.1, 0.15) is 17.5 Å². The molecule has 2 aliphatic heterocycles. The Morgan fingerprint density at radius 1 is 1.19 bits per heavy atom. The van der Waals surface area contributed by atoms with Gasteiger partial charge in [0.2, 0.25) is 5.91 Å². The zero-order chi connectivity index (χ0) is 21.6. The van der Waals surface area contributed by atoms with Crippen molar-refractivity contribution in [3.05, 3.63) is 59.9 Å². The summed E-state index contributed by atoms with van der Waals surface area (Å²) in [6, 6.07) is 10.8. The normalized spacial score (nSPS) is 21.1. The standard InChI is InChI=1S/C23H28N4O4/c1-17-4-6-18(7-5-17)14-25-23(29)27-16-20(31-19-3-2-8-24-15-19)13-21(27)22(28)26-9-11-30-12-10-26/h2-8,15,20-21H,9-14,16H2,1H3,(H,25,29)/t20-,21-/m0/s1. The number of urea groups is 1. The molecule has 1 aromatic heterocycles. The van der Waals surface area contributed by atoms with Crippen LogP contribution in [-0.2, 0) is 16.1 Å². The molecule has 0 bridgehead atoms. The number of likely N-dealkylation sites (tertiary alicyclic amines) is 1. The molecule has 31 heavy (non-hydrogen) atoms. The van der Waals surface area contributed by atoms with Crippen molar-refractivity contribution >= 4 is 11.9 Å². The summed E-state index contributed by atoms with van der Waals surface area (Å²) in [6.07, 6.45) is 3.49. The summed E-state index contributed by atoms with van der Waals surface area (Å²) in [4.78, 5) is 33.7. The highest BCUT2D eigenvalue weighted by molar-refractivity contribution is 5.88. The predicted molar refractivity (Wildman–Crippen MR) is 115 cm³/mol. The van der Waals surface area contributed by atoms with Crippen LogP contribution in [0.5, 0.6) is 5.75 Å². The van der Waals surface area contributed by atoms with Gasteiger partial charge >= 0.3 is 6.03 Å². The van der Waals surface area contributed by atoms with Crippen molar-refractivity contribution in [3.8, 4) is 5.75 Å².